The first-order valence-corrected chi connectivity index (χ1v) is 11.8. The molecule has 31 heavy (non-hydrogen) atoms. The summed E-state index contributed by atoms with van der Waals surface area (Å²) in [7, 11) is 0. The molecule has 0 unspecified atom stereocenters. The van der Waals surface area contributed by atoms with Gasteiger partial charge in [0.05, 0.1) is 17.2 Å². The van der Waals surface area contributed by atoms with Crippen LogP contribution < -0.4 is 11.1 Å². The highest BCUT2D eigenvalue weighted by Gasteiger charge is 2.47. The van der Waals surface area contributed by atoms with Crippen LogP contribution in [0.1, 0.15) is 47.4 Å². The van der Waals surface area contributed by atoms with Gasteiger partial charge in [0, 0.05) is 30.4 Å². The van der Waals surface area contributed by atoms with Gasteiger partial charge in [-0.1, -0.05) is 31.2 Å². The van der Waals surface area contributed by atoms with Gasteiger partial charge >= 0.3 is 11.1 Å². The molecule has 0 aliphatic carbocycles. The maximum atomic E-state index is 12.8. The van der Waals surface area contributed by atoms with Crippen LogP contribution in [0.5, 0.6) is 0 Å². The van der Waals surface area contributed by atoms with Crippen molar-refractivity contribution < 1.29 is 0 Å². The molecular formula is C23H27N5O2S. The van der Waals surface area contributed by atoms with Gasteiger partial charge in [0.1, 0.15) is 5.82 Å². The Morgan fingerprint density at radius 1 is 1.03 bits per heavy atom. The molecule has 7 nitrogen and oxygen atoms in total. The minimum absolute atomic E-state index is 0.157. The average molecular weight is 438 g/mol. The number of thiazole rings is 1. The molecule has 0 bridgehead atoms. The van der Waals surface area contributed by atoms with Crippen molar-refractivity contribution in [1.82, 2.24) is 24.2 Å². The molecular weight excluding hydrogens is 410 g/mol. The number of hydrogen-bond donors (Lipinski definition) is 0. The molecule has 1 atom stereocenters. The SMILES string of the molecule is CCc1ccc(CN2CC[C@@]3(CCn4c3nn(Cc3csc(C)n3)c(=O)c4=O)C2)cc1. The highest BCUT2D eigenvalue weighted by atomic mass is 32.1. The van der Waals surface area contributed by atoms with Crippen LogP contribution in [0, 0.1) is 6.92 Å². The lowest BCUT2D eigenvalue weighted by molar-refractivity contribution is 0.298. The number of hydrogen-bond acceptors (Lipinski definition) is 6. The van der Waals surface area contributed by atoms with E-state index in [1.807, 2.05) is 12.3 Å². The Labute approximate surface area is 185 Å². The maximum Gasteiger partial charge on any atom is 0.332 e. The largest absolute Gasteiger partial charge is 0.332 e. The molecule has 3 aromatic rings. The fourth-order valence-corrected chi connectivity index (χ4v) is 5.54. The monoisotopic (exact) mass is 437 g/mol. The molecule has 0 radical (unpaired) electrons. The molecule has 5 rings (SSSR count). The summed E-state index contributed by atoms with van der Waals surface area (Å²) in [4.78, 5) is 32.3. The normalized spacial score (nSPS) is 20.6. The molecule has 2 aliphatic heterocycles. The third-order valence-corrected chi connectivity index (χ3v) is 7.49. The van der Waals surface area contributed by atoms with E-state index in [0.717, 1.165) is 55.4 Å². The lowest BCUT2D eigenvalue weighted by Crippen LogP contribution is -2.45. The van der Waals surface area contributed by atoms with Gasteiger partial charge in [0.25, 0.3) is 0 Å². The Balaban J connectivity index is 1.41. The van der Waals surface area contributed by atoms with E-state index >= 15 is 0 Å². The van der Waals surface area contributed by atoms with Gasteiger partial charge in [0.2, 0.25) is 0 Å². The van der Waals surface area contributed by atoms with Crippen molar-refractivity contribution in [2.24, 2.45) is 0 Å². The lowest BCUT2D eigenvalue weighted by Gasteiger charge is -2.24. The molecule has 8 heteroatoms. The molecule has 0 N–H and O–H groups in total. The molecule has 1 fully saturated rings. The summed E-state index contributed by atoms with van der Waals surface area (Å²) in [6.45, 7) is 7.65. The molecule has 0 saturated carbocycles. The van der Waals surface area contributed by atoms with E-state index < -0.39 is 11.1 Å². The van der Waals surface area contributed by atoms with Gasteiger partial charge in [-0.05, 0) is 43.9 Å². The summed E-state index contributed by atoms with van der Waals surface area (Å²) in [5.74, 6) is 0.771. The summed E-state index contributed by atoms with van der Waals surface area (Å²) in [5, 5.41) is 7.59. The first-order chi connectivity index (χ1) is 15.0. The fourth-order valence-electron chi connectivity index (χ4n) is 4.93. The van der Waals surface area contributed by atoms with Gasteiger partial charge in [-0.25, -0.2) is 9.67 Å². The molecule has 1 aromatic carbocycles. The lowest BCUT2D eigenvalue weighted by atomic mass is 9.85. The van der Waals surface area contributed by atoms with Crippen molar-refractivity contribution in [3.8, 4) is 0 Å². The van der Waals surface area contributed by atoms with Crippen molar-refractivity contribution >= 4 is 11.3 Å². The number of aromatic nitrogens is 4. The summed E-state index contributed by atoms with van der Waals surface area (Å²) >= 11 is 1.54. The van der Waals surface area contributed by atoms with Gasteiger partial charge in [-0.3, -0.25) is 19.1 Å². The van der Waals surface area contributed by atoms with Gasteiger partial charge < -0.3 is 0 Å². The first-order valence-electron chi connectivity index (χ1n) is 10.9. The Morgan fingerprint density at radius 3 is 2.48 bits per heavy atom. The zero-order chi connectivity index (χ0) is 21.6. The number of fused-ring (bicyclic) bond motifs is 2. The van der Waals surface area contributed by atoms with E-state index in [9.17, 15) is 9.59 Å². The Hall–Kier alpha value is -2.58. The number of aryl methyl sites for hydroxylation is 2. The minimum atomic E-state index is -0.558. The highest BCUT2D eigenvalue weighted by Crippen LogP contribution is 2.40. The Morgan fingerprint density at radius 2 is 1.77 bits per heavy atom. The zero-order valence-corrected chi connectivity index (χ0v) is 18.8. The topological polar surface area (TPSA) is 73.0 Å². The Bertz CT molecular complexity index is 1230. The number of likely N-dealkylation sites (tertiary alicyclic amines) is 1. The van der Waals surface area contributed by atoms with E-state index in [4.69, 9.17) is 5.10 Å². The molecule has 0 amide bonds. The minimum Gasteiger partial charge on any atom is -0.298 e. The zero-order valence-electron chi connectivity index (χ0n) is 18.0. The number of nitrogens with zero attached hydrogens (tertiary/aromatic N) is 5. The summed E-state index contributed by atoms with van der Waals surface area (Å²) < 4.78 is 2.94. The van der Waals surface area contributed by atoms with Crippen molar-refractivity contribution in [2.75, 3.05) is 13.1 Å². The van der Waals surface area contributed by atoms with Crippen LogP contribution in [-0.4, -0.2) is 37.3 Å². The van der Waals surface area contributed by atoms with Crippen molar-refractivity contribution in [1.29, 1.82) is 0 Å². The molecule has 162 valence electrons. The summed E-state index contributed by atoms with van der Waals surface area (Å²) in [6, 6.07) is 8.82. The smallest absolute Gasteiger partial charge is 0.298 e. The molecule has 1 saturated heterocycles. The number of benzene rings is 1. The van der Waals surface area contributed by atoms with Gasteiger partial charge in [0.15, 0.2) is 0 Å². The quantitative estimate of drug-likeness (QED) is 0.573. The molecule has 4 heterocycles. The third kappa shape index (κ3) is 3.68. The van der Waals surface area contributed by atoms with Crippen LogP contribution in [0.4, 0.5) is 0 Å². The number of rotatable bonds is 5. The third-order valence-electron chi connectivity index (χ3n) is 6.67. The first kappa shape index (κ1) is 20.3. The van der Waals surface area contributed by atoms with Crippen LogP contribution in [0.15, 0.2) is 39.2 Å². The molecule has 2 aromatic heterocycles. The summed E-state index contributed by atoms with van der Waals surface area (Å²) in [5.41, 5.74) is 2.26. The predicted octanol–water partition coefficient (Wildman–Crippen LogP) is 2.33. The van der Waals surface area contributed by atoms with Crippen molar-refractivity contribution in [3.63, 3.8) is 0 Å². The van der Waals surface area contributed by atoms with E-state index in [0.29, 0.717) is 6.54 Å². The van der Waals surface area contributed by atoms with Crippen LogP contribution in [-0.2, 0) is 31.5 Å². The Kier molecular flexibility index (Phi) is 5.14. The van der Waals surface area contributed by atoms with E-state index in [2.05, 4.69) is 41.1 Å². The summed E-state index contributed by atoms with van der Waals surface area (Å²) in [6.07, 6.45) is 2.87. The van der Waals surface area contributed by atoms with Crippen molar-refractivity contribution in [2.45, 2.75) is 58.2 Å². The molecule has 2 aliphatic rings. The predicted molar refractivity (Wildman–Crippen MR) is 121 cm³/mol. The van der Waals surface area contributed by atoms with E-state index in [1.165, 1.54) is 27.1 Å². The highest BCUT2D eigenvalue weighted by molar-refractivity contribution is 7.09. The second-order valence-corrected chi connectivity index (χ2v) is 9.82. The van der Waals surface area contributed by atoms with Gasteiger partial charge in [-0.15, -0.1) is 11.3 Å². The second-order valence-electron chi connectivity index (χ2n) is 8.76. The van der Waals surface area contributed by atoms with Crippen LogP contribution in [0.2, 0.25) is 0 Å². The maximum absolute atomic E-state index is 12.8. The average Bonchev–Trinajstić information content (AvgIpc) is 3.47. The van der Waals surface area contributed by atoms with E-state index in [-0.39, 0.29) is 12.0 Å². The van der Waals surface area contributed by atoms with Crippen LogP contribution in [0.3, 0.4) is 0 Å². The standard InChI is InChI=1S/C23H27N5O2S/c1-3-17-4-6-18(7-5-17)12-26-10-8-23(15-26)9-11-27-20(29)21(30)28(25-22(23)27)13-19-14-31-16(2)24-19/h4-7,14H,3,8-13,15H2,1-2H3/t23-/m1/s1. The van der Waals surface area contributed by atoms with Crippen molar-refractivity contribution in [3.05, 3.63) is 78.0 Å². The molecule has 1 spiro atoms. The van der Waals surface area contributed by atoms with Crippen LogP contribution >= 0.6 is 11.3 Å². The van der Waals surface area contributed by atoms with E-state index in [1.54, 1.807) is 4.57 Å². The second kappa shape index (κ2) is 7.84. The van der Waals surface area contributed by atoms with Gasteiger partial charge in [-0.2, -0.15) is 5.10 Å². The fraction of sp³-hybridized carbons (Fsp3) is 0.478. The van der Waals surface area contributed by atoms with Crippen LogP contribution in [0.25, 0.3) is 0 Å².